The second-order valence-corrected chi connectivity index (χ2v) is 5.48. The van der Waals surface area contributed by atoms with Crippen LogP contribution in [0.2, 0.25) is 0 Å². The van der Waals surface area contributed by atoms with Gasteiger partial charge in [0, 0.05) is 23.4 Å². The Morgan fingerprint density at radius 1 is 1.36 bits per heavy atom. The highest BCUT2D eigenvalue weighted by Gasteiger charge is 2.22. The lowest BCUT2D eigenvalue weighted by atomic mass is 9.96. The van der Waals surface area contributed by atoms with Gasteiger partial charge in [0.1, 0.15) is 5.82 Å². The van der Waals surface area contributed by atoms with Crippen molar-refractivity contribution in [1.82, 2.24) is 15.5 Å². The van der Waals surface area contributed by atoms with Crippen LogP contribution in [-0.2, 0) is 12.8 Å². The molecule has 0 saturated carbocycles. The van der Waals surface area contributed by atoms with Crippen LogP contribution in [0.1, 0.15) is 46.3 Å². The van der Waals surface area contributed by atoms with Crippen molar-refractivity contribution in [2.45, 2.75) is 31.8 Å². The average Bonchev–Trinajstić information content (AvgIpc) is 2.97. The number of aliphatic hydroxyl groups is 1. The fourth-order valence-corrected chi connectivity index (χ4v) is 2.80. The molecule has 1 amide bonds. The van der Waals surface area contributed by atoms with E-state index >= 15 is 0 Å². The summed E-state index contributed by atoms with van der Waals surface area (Å²) in [4.78, 5) is 12.2. The molecule has 0 fully saturated rings. The summed E-state index contributed by atoms with van der Waals surface area (Å²) in [7, 11) is 0. The van der Waals surface area contributed by atoms with E-state index in [1.807, 2.05) is 0 Å². The van der Waals surface area contributed by atoms with Gasteiger partial charge in [0.25, 0.3) is 5.91 Å². The molecule has 116 valence electrons. The first-order valence-electron chi connectivity index (χ1n) is 7.43. The standard InChI is InChI=1S/C16H18FN3O2/c17-12-7-3-1-5-10(12)14(21)9-18-16(22)15-11-6-2-4-8-13(11)19-20-15/h1,3,5,7,14,21H,2,4,6,8-9H2,(H,18,22)(H,19,20)/t14-/m1/s1. The van der Waals surface area contributed by atoms with E-state index in [-0.39, 0.29) is 18.0 Å². The van der Waals surface area contributed by atoms with E-state index in [2.05, 4.69) is 15.5 Å². The Labute approximate surface area is 127 Å². The van der Waals surface area contributed by atoms with E-state index in [1.54, 1.807) is 12.1 Å². The van der Waals surface area contributed by atoms with Crippen LogP contribution in [0, 0.1) is 5.82 Å². The molecular formula is C16H18FN3O2. The fraction of sp³-hybridized carbons (Fsp3) is 0.375. The summed E-state index contributed by atoms with van der Waals surface area (Å²) in [5, 5.41) is 19.6. The monoisotopic (exact) mass is 303 g/mol. The van der Waals surface area contributed by atoms with Crippen molar-refractivity contribution in [3.05, 3.63) is 52.6 Å². The van der Waals surface area contributed by atoms with E-state index in [1.165, 1.54) is 12.1 Å². The maximum atomic E-state index is 13.6. The number of H-pyrrole nitrogens is 1. The van der Waals surface area contributed by atoms with Crippen molar-refractivity contribution in [3.8, 4) is 0 Å². The van der Waals surface area contributed by atoms with E-state index in [0.29, 0.717) is 5.69 Å². The zero-order valence-electron chi connectivity index (χ0n) is 12.1. The number of aryl methyl sites for hydroxylation is 1. The number of carbonyl (C=O) groups excluding carboxylic acids is 1. The van der Waals surface area contributed by atoms with Crippen LogP contribution in [0.25, 0.3) is 0 Å². The summed E-state index contributed by atoms with van der Waals surface area (Å²) in [6, 6.07) is 5.99. The number of benzene rings is 1. The number of nitrogens with zero attached hydrogens (tertiary/aromatic N) is 1. The van der Waals surface area contributed by atoms with Crippen molar-refractivity contribution in [2.24, 2.45) is 0 Å². The molecule has 1 aromatic heterocycles. The smallest absolute Gasteiger partial charge is 0.272 e. The second-order valence-electron chi connectivity index (χ2n) is 5.48. The van der Waals surface area contributed by atoms with Crippen LogP contribution in [0.15, 0.2) is 24.3 Å². The second kappa shape index (κ2) is 6.27. The number of hydrogen-bond acceptors (Lipinski definition) is 3. The van der Waals surface area contributed by atoms with E-state index in [4.69, 9.17) is 0 Å². The quantitative estimate of drug-likeness (QED) is 0.807. The number of fused-ring (bicyclic) bond motifs is 1. The van der Waals surface area contributed by atoms with Gasteiger partial charge >= 0.3 is 0 Å². The number of halogens is 1. The predicted octanol–water partition coefficient (Wildman–Crippen LogP) is 1.89. The van der Waals surface area contributed by atoms with Crippen molar-refractivity contribution in [3.63, 3.8) is 0 Å². The molecule has 0 spiro atoms. The van der Waals surface area contributed by atoms with Gasteiger partial charge in [-0.15, -0.1) is 0 Å². The van der Waals surface area contributed by atoms with Crippen LogP contribution in [0.4, 0.5) is 4.39 Å². The fourth-order valence-electron chi connectivity index (χ4n) is 2.80. The lowest BCUT2D eigenvalue weighted by Gasteiger charge is -2.14. The van der Waals surface area contributed by atoms with Gasteiger partial charge in [-0.2, -0.15) is 5.10 Å². The van der Waals surface area contributed by atoms with Crippen LogP contribution < -0.4 is 5.32 Å². The van der Waals surface area contributed by atoms with E-state index in [0.717, 1.165) is 36.9 Å². The van der Waals surface area contributed by atoms with E-state index < -0.39 is 11.9 Å². The highest BCUT2D eigenvalue weighted by Crippen LogP contribution is 2.22. The van der Waals surface area contributed by atoms with Gasteiger partial charge in [0.15, 0.2) is 5.69 Å². The summed E-state index contributed by atoms with van der Waals surface area (Å²) in [5.41, 5.74) is 2.54. The Kier molecular flexibility index (Phi) is 4.20. The van der Waals surface area contributed by atoms with Gasteiger partial charge in [-0.25, -0.2) is 4.39 Å². The maximum Gasteiger partial charge on any atom is 0.272 e. The molecule has 3 rings (SSSR count). The minimum Gasteiger partial charge on any atom is -0.386 e. The molecule has 0 aliphatic heterocycles. The Morgan fingerprint density at radius 2 is 2.14 bits per heavy atom. The molecule has 22 heavy (non-hydrogen) atoms. The van der Waals surface area contributed by atoms with Crippen LogP contribution >= 0.6 is 0 Å². The largest absolute Gasteiger partial charge is 0.386 e. The lowest BCUT2D eigenvalue weighted by molar-refractivity contribution is 0.0908. The topological polar surface area (TPSA) is 78.0 Å². The number of amides is 1. The zero-order chi connectivity index (χ0) is 15.5. The number of rotatable bonds is 4. The molecule has 1 aliphatic rings. The molecule has 1 aliphatic carbocycles. The van der Waals surface area contributed by atoms with Gasteiger partial charge in [-0.05, 0) is 31.7 Å². The molecule has 3 N–H and O–H groups in total. The molecule has 0 unspecified atom stereocenters. The molecule has 0 bridgehead atoms. The third kappa shape index (κ3) is 2.87. The Bertz CT molecular complexity index is 684. The first kappa shape index (κ1) is 14.7. The van der Waals surface area contributed by atoms with Crippen LogP contribution in [0.3, 0.4) is 0 Å². The van der Waals surface area contributed by atoms with Crippen molar-refractivity contribution >= 4 is 5.91 Å². The van der Waals surface area contributed by atoms with Gasteiger partial charge < -0.3 is 10.4 Å². The van der Waals surface area contributed by atoms with Gasteiger partial charge in [0.2, 0.25) is 0 Å². The summed E-state index contributed by atoms with van der Waals surface area (Å²) in [6.45, 7) is -0.0542. The van der Waals surface area contributed by atoms with Gasteiger partial charge in [-0.3, -0.25) is 9.89 Å². The highest BCUT2D eigenvalue weighted by molar-refractivity contribution is 5.94. The van der Waals surface area contributed by atoms with Gasteiger partial charge in [0.05, 0.1) is 6.10 Å². The predicted molar refractivity (Wildman–Crippen MR) is 78.9 cm³/mol. The summed E-state index contributed by atoms with van der Waals surface area (Å²) >= 11 is 0. The molecule has 1 heterocycles. The molecule has 0 saturated heterocycles. The van der Waals surface area contributed by atoms with Crippen LogP contribution in [-0.4, -0.2) is 27.8 Å². The molecule has 2 aromatic rings. The molecule has 1 aromatic carbocycles. The SMILES string of the molecule is O=C(NC[C@@H](O)c1ccccc1F)c1n[nH]c2c1CCCC2. The Balaban J connectivity index is 1.65. The Hall–Kier alpha value is -2.21. The number of aromatic nitrogens is 2. The minimum absolute atomic E-state index is 0.0542. The average molecular weight is 303 g/mol. The lowest BCUT2D eigenvalue weighted by Crippen LogP contribution is -2.29. The number of nitrogens with one attached hydrogen (secondary N) is 2. The van der Waals surface area contributed by atoms with Crippen LogP contribution in [0.5, 0.6) is 0 Å². The van der Waals surface area contributed by atoms with Gasteiger partial charge in [-0.1, -0.05) is 18.2 Å². The molecule has 0 radical (unpaired) electrons. The number of aromatic amines is 1. The summed E-state index contributed by atoms with van der Waals surface area (Å²) in [6.07, 6.45) is 2.81. The minimum atomic E-state index is -1.08. The first-order chi connectivity index (χ1) is 10.7. The zero-order valence-corrected chi connectivity index (χ0v) is 12.1. The number of hydrogen-bond donors (Lipinski definition) is 3. The third-order valence-corrected chi connectivity index (χ3v) is 3.99. The number of carbonyl (C=O) groups is 1. The molecule has 1 atom stereocenters. The molecule has 5 nitrogen and oxygen atoms in total. The van der Waals surface area contributed by atoms with E-state index in [9.17, 15) is 14.3 Å². The van der Waals surface area contributed by atoms with Crippen molar-refractivity contribution in [2.75, 3.05) is 6.54 Å². The summed E-state index contributed by atoms with van der Waals surface area (Å²) < 4.78 is 13.6. The highest BCUT2D eigenvalue weighted by atomic mass is 19.1. The normalized spacial score (nSPS) is 15.2. The number of aliphatic hydroxyl groups excluding tert-OH is 1. The Morgan fingerprint density at radius 3 is 2.95 bits per heavy atom. The summed E-state index contributed by atoms with van der Waals surface area (Å²) in [5.74, 6) is -0.823. The maximum absolute atomic E-state index is 13.6. The first-order valence-corrected chi connectivity index (χ1v) is 7.43. The molecule has 6 heteroatoms. The molecular weight excluding hydrogens is 285 g/mol. The third-order valence-electron chi connectivity index (χ3n) is 3.99. The van der Waals surface area contributed by atoms with Crippen molar-refractivity contribution < 1.29 is 14.3 Å². The van der Waals surface area contributed by atoms with Crippen molar-refractivity contribution in [1.29, 1.82) is 0 Å².